The molecule has 0 unspecified atom stereocenters. The second-order valence-electron chi connectivity index (χ2n) is 8.55. The molecule has 0 spiro atoms. The van der Waals surface area contributed by atoms with Crippen molar-refractivity contribution in [3.8, 4) is 23.0 Å². The largest absolute Gasteiger partial charge is 0.457 e. The van der Waals surface area contributed by atoms with Crippen LogP contribution >= 0.6 is 0 Å². The molecule has 1 amide bonds. The number of hydrogen-bond donors (Lipinski definition) is 1. The van der Waals surface area contributed by atoms with Crippen molar-refractivity contribution in [2.24, 2.45) is 0 Å². The smallest absolute Gasteiger partial charge is 0.219 e. The van der Waals surface area contributed by atoms with E-state index in [0.29, 0.717) is 29.4 Å². The number of nitrogens with one attached hydrogen (secondary N) is 1. The van der Waals surface area contributed by atoms with E-state index in [4.69, 9.17) is 9.72 Å². The van der Waals surface area contributed by atoms with Crippen molar-refractivity contribution in [1.82, 2.24) is 19.9 Å². The molecule has 1 atom stereocenters. The highest BCUT2D eigenvalue weighted by molar-refractivity contribution is 7.91. The first-order valence-corrected chi connectivity index (χ1v) is 13.2. The van der Waals surface area contributed by atoms with Crippen LogP contribution in [0.4, 0.5) is 0 Å². The summed E-state index contributed by atoms with van der Waals surface area (Å²) in [6.07, 6.45) is 3.46. The maximum absolute atomic E-state index is 12.3. The van der Waals surface area contributed by atoms with Gasteiger partial charge >= 0.3 is 0 Å². The number of likely N-dealkylation sites (tertiary alicyclic amines) is 1. The highest BCUT2D eigenvalue weighted by atomic mass is 32.2. The molecule has 8 nitrogen and oxygen atoms in total. The Hall–Kier alpha value is -3.72. The molecule has 0 saturated carbocycles. The summed E-state index contributed by atoms with van der Waals surface area (Å²) in [7, 11) is -3.30. The van der Waals surface area contributed by atoms with Crippen molar-refractivity contribution >= 4 is 26.8 Å². The minimum atomic E-state index is -3.30. The second-order valence-corrected chi connectivity index (χ2v) is 10.8. The number of rotatable bonds is 6. The number of hydrogen-bond acceptors (Lipinski definition) is 6. The van der Waals surface area contributed by atoms with E-state index in [-0.39, 0.29) is 22.6 Å². The van der Waals surface area contributed by atoms with Gasteiger partial charge in [-0.15, -0.1) is 0 Å². The quantitative estimate of drug-likeness (QED) is 0.412. The number of imidazole rings is 1. The number of carbonyl (C=O) groups is 1. The normalized spacial score (nSPS) is 16.1. The van der Waals surface area contributed by atoms with Crippen LogP contribution in [0.2, 0.25) is 0 Å². The number of pyridine rings is 1. The third kappa shape index (κ3) is 4.51. The summed E-state index contributed by atoms with van der Waals surface area (Å²) in [4.78, 5) is 26.9. The highest BCUT2D eigenvalue weighted by Crippen LogP contribution is 2.41. The molecule has 1 fully saturated rings. The number of ether oxygens (including phenoxy) is 1. The molecule has 1 aliphatic heterocycles. The fourth-order valence-corrected chi connectivity index (χ4v) is 5.39. The number of H-pyrrole nitrogens is 1. The van der Waals surface area contributed by atoms with Crippen molar-refractivity contribution in [2.75, 3.05) is 12.3 Å². The summed E-state index contributed by atoms with van der Waals surface area (Å²) in [6, 6.07) is 15.8. The molecule has 4 aromatic rings. The Balaban J connectivity index is 1.58. The molecular formula is C26H26N4O4S. The zero-order chi connectivity index (χ0) is 24.6. The van der Waals surface area contributed by atoms with E-state index >= 15 is 0 Å². The molecule has 5 rings (SSSR count). The van der Waals surface area contributed by atoms with Gasteiger partial charge < -0.3 is 14.6 Å². The Kier molecular flexibility index (Phi) is 6.02. The zero-order valence-corrected chi connectivity index (χ0v) is 20.4. The van der Waals surface area contributed by atoms with Crippen LogP contribution in [0.1, 0.15) is 38.3 Å². The number of amides is 1. The average molecular weight is 491 g/mol. The molecule has 0 radical (unpaired) electrons. The number of carbonyl (C=O) groups excluding carboxylic acids is 1. The van der Waals surface area contributed by atoms with Gasteiger partial charge in [-0.3, -0.25) is 9.78 Å². The molecule has 3 heterocycles. The summed E-state index contributed by atoms with van der Waals surface area (Å²) in [6.45, 7) is 3.90. The van der Waals surface area contributed by atoms with Crippen molar-refractivity contribution in [3.63, 3.8) is 0 Å². The summed E-state index contributed by atoms with van der Waals surface area (Å²) >= 11 is 0. The molecule has 1 aliphatic rings. The third-order valence-electron chi connectivity index (χ3n) is 6.33. The van der Waals surface area contributed by atoms with Crippen LogP contribution < -0.4 is 4.74 Å². The highest BCUT2D eigenvalue weighted by Gasteiger charge is 2.31. The summed E-state index contributed by atoms with van der Waals surface area (Å²) in [5.74, 6) is 1.79. The zero-order valence-electron chi connectivity index (χ0n) is 19.6. The van der Waals surface area contributed by atoms with Crippen molar-refractivity contribution in [3.05, 3.63) is 66.4 Å². The van der Waals surface area contributed by atoms with Gasteiger partial charge in [-0.25, -0.2) is 13.4 Å². The van der Waals surface area contributed by atoms with Gasteiger partial charge in [-0.1, -0.05) is 13.0 Å². The Labute approximate surface area is 203 Å². The standard InChI is InChI=1S/C26H26N4O4S/c1-3-35(32,33)19-11-9-18(10-12-19)34-25-16-23-22(28-26(29-23)21-7-4-5-13-27-21)15-20(25)24-8-6-14-30(24)17(2)31/h4-5,7,9-13,15-16,24H,3,6,8,14H2,1-2H3,(H,28,29)/t24-/m1/s1. The van der Waals surface area contributed by atoms with Gasteiger partial charge in [0.05, 0.1) is 27.7 Å². The van der Waals surface area contributed by atoms with E-state index in [9.17, 15) is 13.2 Å². The number of fused-ring (bicyclic) bond motifs is 1. The van der Waals surface area contributed by atoms with Crippen LogP contribution in [0.5, 0.6) is 11.5 Å². The summed E-state index contributed by atoms with van der Waals surface area (Å²) in [5, 5.41) is 0. The fraction of sp³-hybridized carbons (Fsp3) is 0.269. The molecule has 9 heteroatoms. The van der Waals surface area contributed by atoms with E-state index in [1.165, 1.54) is 0 Å². The van der Waals surface area contributed by atoms with Gasteiger partial charge in [-0.2, -0.15) is 0 Å². The molecule has 1 saturated heterocycles. The van der Waals surface area contributed by atoms with Gasteiger partial charge in [0.2, 0.25) is 5.91 Å². The first kappa shape index (κ1) is 23.0. The first-order chi connectivity index (χ1) is 16.9. The Bertz CT molecular complexity index is 1480. The van der Waals surface area contributed by atoms with Gasteiger partial charge in [0.15, 0.2) is 15.7 Å². The first-order valence-electron chi connectivity index (χ1n) is 11.6. The van der Waals surface area contributed by atoms with E-state index in [2.05, 4.69) is 9.97 Å². The number of sulfone groups is 1. The van der Waals surface area contributed by atoms with Gasteiger partial charge in [0.25, 0.3) is 0 Å². The van der Waals surface area contributed by atoms with E-state index in [0.717, 1.165) is 29.6 Å². The van der Waals surface area contributed by atoms with Crippen LogP contribution in [-0.2, 0) is 14.6 Å². The molecule has 2 aromatic carbocycles. The molecule has 2 aromatic heterocycles. The molecule has 180 valence electrons. The third-order valence-corrected chi connectivity index (χ3v) is 8.08. The van der Waals surface area contributed by atoms with E-state index in [1.54, 1.807) is 44.3 Å². The van der Waals surface area contributed by atoms with E-state index < -0.39 is 9.84 Å². The SMILES string of the molecule is CCS(=O)(=O)c1ccc(Oc2cc3nc(-c4ccccn4)[nH]c3cc2[C@H]2CCCN2C(C)=O)cc1. The van der Waals surface area contributed by atoms with Crippen molar-refractivity contribution < 1.29 is 17.9 Å². The minimum absolute atomic E-state index is 0.0199. The number of aromatic nitrogens is 3. The van der Waals surface area contributed by atoms with Crippen LogP contribution in [0.15, 0.2) is 65.7 Å². The lowest BCUT2D eigenvalue weighted by Crippen LogP contribution is -2.28. The summed E-state index contributed by atoms with van der Waals surface area (Å²) in [5.41, 5.74) is 3.15. The molecule has 1 N–H and O–H groups in total. The van der Waals surface area contributed by atoms with Crippen LogP contribution in [0.3, 0.4) is 0 Å². The number of aromatic amines is 1. The molecule has 35 heavy (non-hydrogen) atoms. The lowest BCUT2D eigenvalue weighted by Gasteiger charge is -2.25. The lowest BCUT2D eigenvalue weighted by atomic mass is 10.0. The maximum Gasteiger partial charge on any atom is 0.219 e. The van der Waals surface area contributed by atoms with Gasteiger partial charge in [-0.05, 0) is 55.3 Å². The second kappa shape index (κ2) is 9.14. The topological polar surface area (TPSA) is 105 Å². The monoisotopic (exact) mass is 490 g/mol. The predicted octanol–water partition coefficient (Wildman–Crippen LogP) is 4.89. The Morgan fingerprint density at radius 1 is 1.17 bits per heavy atom. The van der Waals surface area contributed by atoms with Crippen LogP contribution in [0.25, 0.3) is 22.6 Å². The predicted molar refractivity (Wildman–Crippen MR) is 133 cm³/mol. The summed E-state index contributed by atoms with van der Waals surface area (Å²) < 4.78 is 30.6. The minimum Gasteiger partial charge on any atom is -0.457 e. The van der Waals surface area contributed by atoms with E-state index in [1.807, 2.05) is 35.2 Å². The van der Waals surface area contributed by atoms with Crippen molar-refractivity contribution in [1.29, 1.82) is 0 Å². The van der Waals surface area contributed by atoms with Crippen LogP contribution in [0, 0.1) is 0 Å². The van der Waals surface area contributed by atoms with Gasteiger partial charge in [0.1, 0.15) is 17.2 Å². The average Bonchev–Trinajstić information content (AvgIpc) is 3.52. The Morgan fingerprint density at radius 2 is 1.97 bits per heavy atom. The molecule has 0 aliphatic carbocycles. The van der Waals surface area contributed by atoms with Gasteiger partial charge in [0, 0.05) is 31.3 Å². The lowest BCUT2D eigenvalue weighted by molar-refractivity contribution is -0.129. The number of benzene rings is 2. The fourth-order valence-electron chi connectivity index (χ4n) is 4.50. The molecule has 0 bridgehead atoms. The Morgan fingerprint density at radius 3 is 2.66 bits per heavy atom. The number of nitrogens with zero attached hydrogens (tertiary/aromatic N) is 3. The van der Waals surface area contributed by atoms with Crippen molar-refractivity contribution in [2.45, 2.75) is 37.6 Å². The van der Waals surface area contributed by atoms with Crippen LogP contribution in [-0.4, -0.2) is 46.5 Å². The molecular weight excluding hydrogens is 464 g/mol. The maximum atomic E-state index is 12.3.